The number of rotatable bonds is 4. The molecule has 1 N–H and O–H groups in total. The second-order valence-corrected chi connectivity index (χ2v) is 4.63. The van der Waals surface area contributed by atoms with Crippen molar-refractivity contribution in [2.45, 2.75) is 39.3 Å². The Morgan fingerprint density at radius 1 is 1.44 bits per heavy atom. The van der Waals surface area contributed by atoms with Gasteiger partial charge in [-0.05, 0) is 19.3 Å². The van der Waals surface area contributed by atoms with Gasteiger partial charge in [0.25, 0.3) is 0 Å². The van der Waals surface area contributed by atoms with Crippen molar-refractivity contribution in [2.24, 2.45) is 5.92 Å². The van der Waals surface area contributed by atoms with Gasteiger partial charge in [0.2, 0.25) is 5.89 Å². The van der Waals surface area contributed by atoms with Crippen LogP contribution in [0.2, 0.25) is 0 Å². The lowest BCUT2D eigenvalue weighted by Crippen LogP contribution is -2.36. The summed E-state index contributed by atoms with van der Waals surface area (Å²) in [6, 6.07) is 0.521. The van der Waals surface area contributed by atoms with Crippen LogP contribution in [0.4, 0.5) is 0 Å². The van der Waals surface area contributed by atoms with E-state index in [1.165, 1.54) is 0 Å². The maximum Gasteiger partial charge on any atom is 0.244 e. The molecular weight excluding hydrogens is 206 g/mol. The molecule has 0 aliphatic carbocycles. The standard InChI is InChI=1S/C11H19N3O2/c1-7(2)10(11-12-8(3)14-16-11)13-9-4-5-15-6-9/h7,9-10,13H,4-6H2,1-3H3. The van der Waals surface area contributed by atoms with Gasteiger partial charge in [0.1, 0.15) is 0 Å². The molecule has 0 spiro atoms. The zero-order valence-electron chi connectivity index (χ0n) is 10.1. The molecule has 16 heavy (non-hydrogen) atoms. The van der Waals surface area contributed by atoms with E-state index in [0.29, 0.717) is 23.7 Å². The molecule has 1 aromatic rings. The van der Waals surface area contributed by atoms with Gasteiger partial charge in [-0.15, -0.1) is 0 Å². The molecule has 1 fully saturated rings. The van der Waals surface area contributed by atoms with Crippen LogP contribution in [0.1, 0.15) is 38.0 Å². The molecule has 5 nitrogen and oxygen atoms in total. The highest BCUT2D eigenvalue weighted by atomic mass is 16.5. The molecule has 2 rings (SSSR count). The third-order valence-electron chi connectivity index (χ3n) is 2.82. The van der Waals surface area contributed by atoms with Gasteiger partial charge in [0.05, 0.1) is 12.6 Å². The molecule has 1 aromatic heterocycles. The quantitative estimate of drug-likeness (QED) is 0.840. The summed E-state index contributed by atoms with van der Waals surface area (Å²) in [7, 11) is 0. The first-order valence-corrected chi connectivity index (χ1v) is 5.81. The van der Waals surface area contributed by atoms with Crippen molar-refractivity contribution in [3.05, 3.63) is 11.7 Å². The third kappa shape index (κ3) is 2.59. The van der Waals surface area contributed by atoms with Crippen LogP contribution in [0, 0.1) is 12.8 Å². The van der Waals surface area contributed by atoms with E-state index >= 15 is 0 Å². The zero-order chi connectivity index (χ0) is 11.5. The van der Waals surface area contributed by atoms with Crippen molar-refractivity contribution in [2.75, 3.05) is 13.2 Å². The molecule has 0 amide bonds. The van der Waals surface area contributed by atoms with Crippen molar-refractivity contribution in [1.82, 2.24) is 15.5 Å². The van der Waals surface area contributed by atoms with E-state index in [2.05, 4.69) is 29.3 Å². The maximum absolute atomic E-state index is 5.35. The number of aryl methyl sites for hydroxylation is 1. The van der Waals surface area contributed by atoms with Gasteiger partial charge >= 0.3 is 0 Å². The van der Waals surface area contributed by atoms with E-state index in [-0.39, 0.29) is 6.04 Å². The topological polar surface area (TPSA) is 60.2 Å². The molecule has 0 radical (unpaired) electrons. The Hall–Kier alpha value is -0.940. The summed E-state index contributed by atoms with van der Waals surface area (Å²) in [6.45, 7) is 7.74. The molecule has 2 heterocycles. The fourth-order valence-electron chi connectivity index (χ4n) is 1.91. The number of hydrogen-bond donors (Lipinski definition) is 1. The number of aromatic nitrogens is 2. The van der Waals surface area contributed by atoms with Gasteiger partial charge in [0.15, 0.2) is 5.82 Å². The number of ether oxygens (including phenoxy) is 1. The number of hydrogen-bond acceptors (Lipinski definition) is 5. The minimum absolute atomic E-state index is 0.118. The van der Waals surface area contributed by atoms with Crippen LogP contribution in [-0.4, -0.2) is 29.4 Å². The van der Waals surface area contributed by atoms with E-state index in [1.807, 2.05) is 6.92 Å². The normalized spacial score (nSPS) is 22.9. The van der Waals surface area contributed by atoms with Crippen LogP contribution in [0.3, 0.4) is 0 Å². The first-order valence-electron chi connectivity index (χ1n) is 5.81. The Morgan fingerprint density at radius 3 is 2.75 bits per heavy atom. The minimum atomic E-state index is 0.118. The third-order valence-corrected chi connectivity index (χ3v) is 2.82. The zero-order valence-corrected chi connectivity index (χ0v) is 10.1. The average molecular weight is 225 g/mol. The molecule has 0 aromatic carbocycles. The number of nitrogens with zero attached hydrogens (tertiary/aromatic N) is 2. The van der Waals surface area contributed by atoms with Gasteiger partial charge in [-0.1, -0.05) is 19.0 Å². The summed E-state index contributed by atoms with van der Waals surface area (Å²) < 4.78 is 10.6. The molecule has 0 saturated carbocycles. The second kappa shape index (κ2) is 4.93. The predicted octanol–water partition coefficient (Wildman–Crippen LogP) is 1.45. The van der Waals surface area contributed by atoms with Crippen LogP contribution >= 0.6 is 0 Å². The molecular formula is C11H19N3O2. The average Bonchev–Trinajstić information content (AvgIpc) is 2.84. The van der Waals surface area contributed by atoms with Gasteiger partial charge in [-0.25, -0.2) is 0 Å². The van der Waals surface area contributed by atoms with Gasteiger partial charge in [-0.3, -0.25) is 0 Å². The Morgan fingerprint density at radius 2 is 2.25 bits per heavy atom. The van der Waals surface area contributed by atoms with Gasteiger partial charge in [0, 0.05) is 12.6 Å². The highest BCUT2D eigenvalue weighted by molar-refractivity contribution is 4.94. The fraction of sp³-hybridized carbons (Fsp3) is 0.818. The Balaban J connectivity index is 2.04. The first kappa shape index (κ1) is 11.5. The van der Waals surface area contributed by atoms with Crippen LogP contribution in [0.5, 0.6) is 0 Å². The highest BCUT2D eigenvalue weighted by Gasteiger charge is 2.26. The summed E-state index contributed by atoms with van der Waals surface area (Å²) in [5.41, 5.74) is 0. The number of nitrogens with one attached hydrogen (secondary N) is 1. The first-order chi connectivity index (χ1) is 7.66. The molecule has 1 aliphatic rings. The van der Waals surface area contributed by atoms with Crippen LogP contribution in [0.25, 0.3) is 0 Å². The highest BCUT2D eigenvalue weighted by Crippen LogP contribution is 2.22. The van der Waals surface area contributed by atoms with Gasteiger partial charge in [-0.2, -0.15) is 4.98 Å². The lowest BCUT2D eigenvalue weighted by atomic mass is 10.0. The molecule has 90 valence electrons. The Labute approximate surface area is 95.6 Å². The van der Waals surface area contributed by atoms with E-state index in [1.54, 1.807) is 0 Å². The summed E-state index contributed by atoms with van der Waals surface area (Å²) >= 11 is 0. The van der Waals surface area contributed by atoms with E-state index in [9.17, 15) is 0 Å². The molecule has 1 aliphatic heterocycles. The Bertz CT molecular complexity index is 332. The smallest absolute Gasteiger partial charge is 0.244 e. The minimum Gasteiger partial charge on any atom is -0.380 e. The van der Waals surface area contributed by atoms with Crippen molar-refractivity contribution < 1.29 is 9.26 Å². The second-order valence-electron chi connectivity index (χ2n) is 4.63. The largest absolute Gasteiger partial charge is 0.380 e. The van der Waals surface area contributed by atoms with Crippen LogP contribution in [0.15, 0.2) is 4.52 Å². The molecule has 5 heteroatoms. The molecule has 1 saturated heterocycles. The fourth-order valence-corrected chi connectivity index (χ4v) is 1.91. The monoisotopic (exact) mass is 225 g/mol. The van der Waals surface area contributed by atoms with Crippen molar-refractivity contribution >= 4 is 0 Å². The molecule has 0 bridgehead atoms. The Kier molecular flexibility index (Phi) is 3.56. The van der Waals surface area contributed by atoms with Crippen LogP contribution < -0.4 is 5.32 Å². The lowest BCUT2D eigenvalue weighted by Gasteiger charge is -2.22. The molecule has 2 unspecified atom stereocenters. The summed E-state index contributed by atoms with van der Waals surface area (Å²) in [6.07, 6.45) is 1.05. The van der Waals surface area contributed by atoms with Crippen molar-refractivity contribution in [1.29, 1.82) is 0 Å². The van der Waals surface area contributed by atoms with Crippen LogP contribution in [-0.2, 0) is 4.74 Å². The lowest BCUT2D eigenvalue weighted by molar-refractivity contribution is 0.182. The van der Waals surface area contributed by atoms with Gasteiger partial charge < -0.3 is 14.6 Å². The predicted molar refractivity (Wildman–Crippen MR) is 59.0 cm³/mol. The van der Waals surface area contributed by atoms with E-state index in [4.69, 9.17) is 9.26 Å². The summed E-state index contributed by atoms with van der Waals surface area (Å²) in [5, 5.41) is 7.36. The van der Waals surface area contributed by atoms with E-state index in [0.717, 1.165) is 19.6 Å². The van der Waals surface area contributed by atoms with Crippen molar-refractivity contribution in [3.63, 3.8) is 0 Å². The summed E-state index contributed by atoms with van der Waals surface area (Å²) in [4.78, 5) is 4.29. The summed E-state index contributed by atoms with van der Waals surface area (Å²) in [5.74, 6) is 1.78. The maximum atomic E-state index is 5.35. The van der Waals surface area contributed by atoms with Crippen molar-refractivity contribution in [3.8, 4) is 0 Å². The molecule has 2 atom stereocenters. The van der Waals surface area contributed by atoms with E-state index < -0.39 is 0 Å². The SMILES string of the molecule is Cc1noc(C(NC2CCOC2)C(C)C)n1.